The number of nitrogens with one attached hydrogen (secondary N) is 1. The van der Waals surface area contributed by atoms with Crippen molar-refractivity contribution in [2.75, 3.05) is 26.2 Å². The molecule has 5 nitrogen and oxygen atoms in total. The first-order chi connectivity index (χ1) is 13.7. The molecule has 0 bridgehead atoms. The van der Waals surface area contributed by atoms with E-state index in [1.807, 2.05) is 4.90 Å². The fourth-order valence-corrected chi connectivity index (χ4v) is 4.63. The lowest BCUT2D eigenvalue weighted by Gasteiger charge is -2.36. The highest BCUT2D eigenvalue weighted by atomic mass is 16.2. The van der Waals surface area contributed by atoms with E-state index in [0.29, 0.717) is 11.9 Å². The van der Waals surface area contributed by atoms with Crippen LogP contribution in [0.25, 0.3) is 0 Å². The molecule has 2 amide bonds. The van der Waals surface area contributed by atoms with E-state index in [9.17, 15) is 9.59 Å². The lowest BCUT2D eigenvalue weighted by Crippen LogP contribution is -2.48. The van der Waals surface area contributed by atoms with Crippen molar-refractivity contribution in [2.24, 2.45) is 11.8 Å². The summed E-state index contributed by atoms with van der Waals surface area (Å²) in [6.45, 7) is 4.31. The van der Waals surface area contributed by atoms with Gasteiger partial charge < -0.3 is 10.2 Å². The van der Waals surface area contributed by atoms with Crippen molar-refractivity contribution in [3.05, 3.63) is 35.9 Å². The van der Waals surface area contributed by atoms with Crippen molar-refractivity contribution in [3.8, 4) is 0 Å². The molecule has 1 saturated carbocycles. The molecule has 0 aromatic heterocycles. The number of piperidine rings is 2. The van der Waals surface area contributed by atoms with Crippen molar-refractivity contribution in [2.45, 2.75) is 57.5 Å². The van der Waals surface area contributed by atoms with Gasteiger partial charge in [-0.25, -0.2) is 0 Å². The zero-order chi connectivity index (χ0) is 19.3. The predicted octanol–water partition coefficient (Wildman–Crippen LogP) is 2.81. The third kappa shape index (κ3) is 4.93. The highest BCUT2D eigenvalue weighted by Crippen LogP contribution is 2.32. The lowest BCUT2D eigenvalue weighted by molar-refractivity contribution is -0.136. The van der Waals surface area contributed by atoms with Gasteiger partial charge in [-0.1, -0.05) is 36.8 Å². The van der Waals surface area contributed by atoms with E-state index >= 15 is 0 Å². The fourth-order valence-electron chi connectivity index (χ4n) is 4.63. The Morgan fingerprint density at radius 3 is 2.36 bits per heavy atom. The largest absolute Gasteiger partial charge is 0.354 e. The molecule has 2 saturated heterocycles. The van der Waals surface area contributed by atoms with Crippen LogP contribution in [0.1, 0.15) is 50.5 Å². The van der Waals surface area contributed by atoms with Crippen LogP contribution < -0.4 is 5.32 Å². The first-order valence-corrected chi connectivity index (χ1v) is 11.0. The zero-order valence-electron chi connectivity index (χ0n) is 16.8. The molecule has 1 unspecified atom stereocenters. The molecular weight excluding hydrogens is 350 g/mol. The topological polar surface area (TPSA) is 52.7 Å². The van der Waals surface area contributed by atoms with Crippen LogP contribution in [0.5, 0.6) is 0 Å². The molecule has 3 aliphatic rings. The summed E-state index contributed by atoms with van der Waals surface area (Å²) >= 11 is 0. The second-order valence-corrected chi connectivity index (χ2v) is 8.72. The zero-order valence-corrected chi connectivity index (χ0v) is 16.8. The molecule has 5 heteroatoms. The molecule has 0 radical (unpaired) electrons. The molecule has 1 aromatic carbocycles. The van der Waals surface area contributed by atoms with E-state index in [1.54, 1.807) is 0 Å². The first kappa shape index (κ1) is 19.4. The minimum Gasteiger partial charge on any atom is -0.354 e. The van der Waals surface area contributed by atoms with Gasteiger partial charge in [-0.05, 0) is 50.6 Å². The van der Waals surface area contributed by atoms with Crippen LogP contribution in [0.15, 0.2) is 30.3 Å². The fraction of sp³-hybridized carbons (Fsp3) is 0.652. The van der Waals surface area contributed by atoms with Gasteiger partial charge in [0.25, 0.3) is 0 Å². The number of likely N-dealkylation sites (tertiary alicyclic amines) is 2. The summed E-state index contributed by atoms with van der Waals surface area (Å²) in [5.74, 6) is 0.850. The smallest absolute Gasteiger partial charge is 0.225 e. The molecule has 1 aromatic rings. The summed E-state index contributed by atoms with van der Waals surface area (Å²) in [5.41, 5.74) is 1.34. The maximum absolute atomic E-state index is 12.7. The molecule has 2 heterocycles. The van der Waals surface area contributed by atoms with Gasteiger partial charge in [-0.2, -0.15) is 0 Å². The average Bonchev–Trinajstić information content (AvgIpc) is 3.59. The summed E-state index contributed by atoms with van der Waals surface area (Å²) < 4.78 is 0. The maximum Gasteiger partial charge on any atom is 0.225 e. The molecule has 1 aliphatic carbocycles. The van der Waals surface area contributed by atoms with Crippen molar-refractivity contribution in [1.82, 2.24) is 15.1 Å². The molecule has 3 fully saturated rings. The standard InChI is InChI=1S/C23H33N3O2/c27-22(19-11-14-25(15-12-19)23(28)20-9-10-20)24-16-21-8-4-5-13-26(21)17-18-6-2-1-3-7-18/h1-3,6-7,19-21H,4-5,8-17H2,(H,24,27). The van der Waals surface area contributed by atoms with E-state index in [0.717, 1.165) is 64.8 Å². The molecular formula is C23H33N3O2. The highest BCUT2D eigenvalue weighted by Gasteiger charge is 2.36. The molecule has 152 valence electrons. The molecule has 28 heavy (non-hydrogen) atoms. The van der Waals surface area contributed by atoms with Gasteiger partial charge in [0.2, 0.25) is 11.8 Å². The Labute approximate surface area is 168 Å². The quantitative estimate of drug-likeness (QED) is 0.822. The summed E-state index contributed by atoms with van der Waals surface area (Å²) in [7, 11) is 0. The van der Waals surface area contributed by atoms with Gasteiger partial charge in [0.1, 0.15) is 0 Å². The SMILES string of the molecule is O=C(NCC1CCCCN1Cc1ccccc1)C1CCN(C(=O)C2CC2)CC1. The molecule has 1 atom stereocenters. The van der Waals surface area contributed by atoms with Gasteiger partial charge in [-0.3, -0.25) is 14.5 Å². The Kier molecular flexibility index (Phi) is 6.30. The van der Waals surface area contributed by atoms with Crippen molar-refractivity contribution >= 4 is 11.8 Å². The monoisotopic (exact) mass is 383 g/mol. The Balaban J connectivity index is 1.23. The summed E-state index contributed by atoms with van der Waals surface area (Å²) in [4.78, 5) is 29.4. The molecule has 1 N–H and O–H groups in total. The van der Waals surface area contributed by atoms with Crippen LogP contribution >= 0.6 is 0 Å². The lowest BCUT2D eigenvalue weighted by atomic mass is 9.95. The van der Waals surface area contributed by atoms with Crippen molar-refractivity contribution < 1.29 is 9.59 Å². The maximum atomic E-state index is 12.7. The molecule has 2 aliphatic heterocycles. The van der Waals surface area contributed by atoms with Gasteiger partial charge in [0, 0.05) is 44.1 Å². The van der Waals surface area contributed by atoms with Gasteiger partial charge in [0.05, 0.1) is 0 Å². The second kappa shape index (κ2) is 9.08. The Morgan fingerprint density at radius 2 is 1.64 bits per heavy atom. The van der Waals surface area contributed by atoms with E-state index in [2.05, 4.69) is 40.5 Å². The Hall–Kier alpha value is -1.88. The van der Waals surface area contributed by atoms with Gasteiger partial charge >= 0.3 is 0 Å². The average molecular weight is 384 g/mol. The molecule has 0 spiro atoms. The van der Waals surface area contributed by atoms with Gasteiger partial charge in [0.15, 0.2) is 0 Å². The van der Waals surface area contributed by atoms with Crippen LogP contribution in [0, 0.1) is 11.8 Å². The van der Waals surface area contributed by atoms with Crippen LogP contribution in [0.2, 0.25) is 0 Å². The van der Waals surface area contributed by atoms with Gasteiger partial charge in [-0.15, -0.1) is 0 Å². The Bertz CT molecular complexity index is 666. The van der Waals surface area contributed by atoms with Crippen molar-refractivity contribution in [3.63, 3.8) is 0 Å². The number of amides is 2. The summed E-state index contributed by atoms with van der Waals surface area (Å²) in [6.07, 6.45) is 7.37. The number of hydrogen-bond donors (Lipinski definition) is 1. The Morgan fingerprint density at radius 1 is 0.893 bits per heavy atom. The van der Waals surface area contributed by atoms with Crippen molar-refractivity contribution in [1.29, 1.82) is 0 Å². The minimum atomic E-state index is 0.0643. The number of benzene rings is 1. The van der Waals surface area contributed by atoms with Crippen LogP contribution in [-0.2, 0) is 16.1 Å². The minimum absolute atomic E-state index is 0.0643. The van der Waals surface area contributed by atoms with E-state index in [-0.39, 0.29) is 17.7 Å². The second-order valence-electron chi connectivity index (χ2n) is 8.72. The first-order valence-electron chi connectivity index (χ1n) is 11.0. The number of hydrogen-bond acceptors (Lipinski definition) is 3. The number of rotatable bonds is 6. The highest BCUT2D eigenvalue weighted by molar-refractivity contribution is 5.82. The van der Waals surface area contributed by atoms with E-state index in [4.69, 9.17) is 0 Å². The van der Waals surface area contributed by atoms with Crippen LogP contribution in [0.3, 0.4) is 0 Å². The van der Waals surface area contributed by atoms with Crippen LogP contribution in [-0.4, -0.2) is 53.8 Å². The number of carbonyl (C=O) groups excluding carboxylic acids is 2. The van der Waals surface area contributed by atoms with Crippen LogP contribution in [0.4, 0.5) is 0 Å². The van der Waals surface area contributed by atoms with E-state index in [1.165, 1.54) is 18.4 Å². The third-order valence-corrected chi connectivity index (χ3v) is 6.59. The summed E-state index contributed by atoms with van der Waals surface area (Å²) in [5, 5.41) is 3.23. The number of nitrogens with zero attached hydrogens (tertiary/aromatic N) is 2. The molecule has 4 rings (SSSR count). The van der Waals surface area contributed by atoms with E-state index < -0.39 is 0 Å². The third-order valence-electron chi connectivity index (χ3n) is 6.59. The predicted molar refractivity (Wildman–Crippen MR) is 110 cm³/mol. The summed E-state index contributed by atoms with van der Waals surface area (Å²) in [6, 6.07) is 11.0. The number of carbonyl (C=O) groups is 2. The normalized spacial score (nSPS) is 24.1.